The lowest BCUT2D eigenvalue weighted by atomic mass is 9.99. The number of aliphatic hydroxyl groups excluding tert-OH is 3. The van der Waals surface area contributed by atoms with Gasteiger partial charge in [0.2, 0.25) is 6.29 Å². The molecular formula is C15H20O7. The van der Waals surface area contributed by atoms with Crippen molar-refractivity contribution in [3.8, 4) is 5.75 Å². The fraction of sp³-hybridized carbons (Fsp3) is 0.533. The maximum absolute atomic E-state index is 11.0. The van der Waals surface area contributed by atoms with Crippen molar-refractivity contribution in [1.82, 2.24) is 0 Å². The highest BCUT2D eigenvalue weighted by atomic mass is 16.7. The maximum atomic E-state index is 11.0. The molecule has 0 spiro atoms. The Morgan fingerprint density at radius 2 is 1.68 bits per heavy atom. The van der Waals surface area contributed by atoms with E-state index in [0.717, 1.165) is 5.56 Å². The first-order chi connectivity index (χ1) is 10.3. The van der Waals surface area contributed by atoms with Crippen molar-refractivity contribution in [2.24, 2.45) is 0 Å². The van der Waals surface area contributed by atoms with Crippen molar-refractivity contribution in [2.45, 2.75) is 50.5 Å². The van der Waals surface area contributed by atoms with E-state index >= 15 is 0 Å². The average molecular weight is 312 g/mol. The van der Waals surface area contributed by atoms with Crippen molar-refractivity contribution in [3.63, 3.8) is 0 Å². The summed E-state index contributed by atoms with van der Waals surface area (Å²) in [5.74, 6) is -0.734. The Morgan fingerprint density at radius 3 is 2.18 bits per heavy atom. The van der Waals surface area contributed by atoms with Crippen LogP contribution in [0.15, 0.2) is 24.3 Å². The van der Waals surface area contributed by atoms with E-state index in [-0.39, 0.29) is 0 Å². The van der Waals surface area contributed by atoms with Gasteiger partial charge in [0.15, 0.2) is 6.10 Å². The Kier molecular flexibility index (Phi) is 5.02. The molecule has 2 rings (SSSR count). The lowest BCUT2D eigenvalue weighted by Gasteiger charge is -2.38. The van der Waals surface area contributed by atoms with Gasteiger partial charge < -0.3 is 29.9 Å². The van der Waals surface area contributed by atoms with Crippen LogP contribution in [0.25, 0.3) is 0 Å². The zero-order valence-corrected chi connectivity index (χ0v) is 12.3. The van der Waals surface area contributed by atoms with Crippen LogP contribution >= 0.6 is 0 Å². The van der Waals surface area contributed by atoms with Gasteiger partial charge in [-0.1, -0.05) is 26.0 Å². The summed E-state index contributed by atoms with van der Waals surface area (Å²) in [7, 11) is 0. The zero-order valence-electron chi connectivity index (χ0n) is 12.3. The molecule has 7 heteroatoms. The number of rotatable bonds is 4. The van der Waals surface area contributed by atoms with Crippen molar-refractivity contribution in [1.29, 1.82) is 0 Å². The number of aliphatic carboxylic acids is 1. The van der Waals surface area contributed by atoms with Gasteiger partial charge >= 0.3 is 5.97 Å². The first-order valence-electron chi connectivity index (χ1n) is 7.00. The van der Waals surface area contributed by atoms with Gasteiger partial charge in [0.05, 0.1) is 0 Å². The van der Waals surface area contributed by atoms with Crippen LogP contribution in [0.2, 0.25) is 0 Å². The number of hydrogen-bond donors (Lipinski definition) is 4. The third kappa shape index (κ3) is 3.38. The molecule has 0 amide bonds. The van der Waals surface area contributed by atoms with E-state index in [4.69, 9.17) is 14.6 Å². The maximum Gasteiger partial charge on any atom is 0.335 e. The second kappa shape index (κ2) is 6.62. The normalized spacial score (nSPS) is 32.0. The standard InChI is InChI=1S/C15H20O7/c1-7(2)8-3-5-9(6-4-8)21-15-12(18)10(16)11(17)13(22-15)14(19)20/h3-7,10-13,15-18H,1-2H3,(H,19,20)/t10-,11-,12+,13-,15?/m0/s1. The van der Waals surface area contributed by atoms with Crippen molar-refractivity contribution < 1.29 is 34.7 Å². The molecule has 5 atom stereocenters. The zero-order chi connectivity index (χ0) is 16.4. The van der Waals surface area contributed by atoms with Gasteiger partial charge in [0.1, 0.15) is 24.1 Å². The Balaban J connectivity index is 2.11. The summed E-state index contributed by atoms with van der Waals surface area (Å²) in [6.45, 7) is 4.08. The molecule has 4 N–H and O–H groups in total. The van der Waals surface area contributed by atoms with E-state index in [9.17, 15) is 20.1 Å². The van der Waals surface area contributed by atoms with Gasteiger partial charge in [-0.05, 0) is 23.6 Å². The smallest absolute Gasteiger partial charge is 0.335 e. The first kappa shape index (κ1) is 16.7. The number of carbonyl (C=O) groups is 1. The predicted octanol–water partition coefficient (Wildman–Crippen LogP) is 0.0810. The van der Waals surface area contributed by atoms with Crippen LogP contribution < -0.4 is 4.74 Å². The van der Waals surface area contributed by atoms with Gasteiger partial charge in [-0.15, -0.1) is 0 Å². The van der Waals surface area contributed by atoms with E-state index in [1.807, 2.05) is 26.0 Å². The van der Waals surface area contributed by atoms with E-state index < -0.39 is 36.7 Å². The molecule has 0 bridgehead atoms. The van der Waals surface area contributed by atoms with Crippen LogP contribution in [0.1, 0.15) is 25.3 Å². The predicted molar refractivity (Wildman–Crippen MR) is 75.5 cm³/mol. The molecule has 0 radical (unpaired) electrons. The summed E-state index contributed by atoms with van der Waals surface area (Å²) in [6.07, 6.45) is -8.01. The van der Waals surface area contributed by atoms with Crippen LogP contribution in [-0.2, 0) is 9.53 Å². The third-order valence-corrected chi connectivity index (χ3v) is 3.61. The molecule has 1 saturated heterocycles. The molecule has 122 valence electrons. The minimum absolute atomic E-state index is 0.346. The molecule has 22 heavy (non-hydrogen) atoms. The molecule has 1 aromatic carbocycles. The second-order valence-electron chi connectivity index (χ2n) is 5.58. The Bertz CT molecular complexity index is 513. The molecule has 0 saturated carbocycles. The number of carboxylic acids is 1. The quantitative estimate of drug-likeness (QED) is 0.622. The lowest BCUT2D eigenvalue weighted by Crippen LogP contribution is -2.61. The molecule has 7 nitrogen and oxygen atoms in total. The molecule has 1 aliphatic heterocycles. The van der Waals surface area contributed by atoms with Crippen LogP contribution in [0.3, 0.4) is 0 Å². The molecule has 1 heterocycles. The monoisotopic (exact) mass is 312 g/mol. The topological polar surface area (TPSA) is 116 Å². The van der Waals surface area contributed by atoms with Gasteiger partial charge in [0.25, 0.3) is 0 Å². The van der Waals surface area contributed by atoms with E-state index in [2.05, 4.69) is 0 Å². The highest BCUT2D eigenvalue weighted by Gasteiger charge is 2.48. The molecule has 1 fully saturated rings. The SMILES string of the molecule is CC(C)c1ccc(OC2O[C@H](C(=O)O)[C@@H](O)[C@H](O)[C@H]2O)cc1. The molecule has 0 aliphatic carbocycles. The summed E-state index contributed by atoms with van der Waals surface area (Å²) in [5.41, 5.74) is 1.09. The summed E-state index contributed by atoms with van der Waals surface area (Å²) in [4.78, 5) is 11.0. The summed E-state index contributed by atoms with van der Waals surface area (Å²) >= 11 is 0. The van der Waals surface area contributed by atoms with E-state index in [0.29, 0.717) is 11.7 Å². The highest BCUT2D eigenvalue weighted by Crippen LogP contribution is 2.25. The summed E-state index contributed by atoms with van der Waals surface area (Å²) < 4.78 is 10.4. The van der Waals surface area contributed by atoms with Crippen LogP contribution in [0.4, 0.5) is 0 Å². The molecule has 1 aliphatic rings. The number of hydrogen-bond acceptors (Lipinski definition) is 6. The molecule has 1 aromatic rings. The Hall–Kier alpha value is -1.67. The minimum Gasteiger partial charge on any atom is -0.479 e. The molecule has 1 unspecified atom stereocenters. The lowest BCUT2D eigenvalue weighted by molar-refractivity contribution is -0.271. The fourth-order valence-corrected chi connectivity index (χ4v) is 2.21. The highest BCUT2D eigenvalue weighted by molar-refractivity contribution is 5.73. The molecular weight excluding hydrogens is 292 g/mol. The van der Waals surface area contributed by atoms with E-state index in [1.54, 1.807) is 12.1 Å². The van der Waals surface area contributed by atoms with Gasteiger partial charge in [0, 0.05) is 0 Å². The van der Waals surface area contributed by atoms with Crippen LogP contribution in [0, 0.1) is 0 Å². The number of carboxylic acid groups (broad SMARTS) is 1. The van der Waals surface area contributed by atoms with Crippen LogP contribution in [0.5, 0.6) is 5.75 Å². The van der Waals surface area contributed by atoms with Gasteiger partial charge in [-0.3, -0.25) is 0 Å². The van der Waals surface area contributed by atoms with Crippen LogP contribution in [-0.4, -0.2) is 57.1 Å². The van der Waals surface area contributed by atoms with E-state index in [1.165, 1.54) is 0 Å². The fourth-order valence-electron chi connectivity index (χ4n) is 2.21. The average Bonchev–Trinajstić information content (AvgIpc) is 2.48. The van der Waals surface area contributed by atoms with Crippen molar-refractivity contribution in [2.75, 3.05) is 0 Å². The third-order valence-electron chi connectivity index (χ3n) is 3.61. The second-order valence-corrected chi connectivity index (χ2v) is 5.58. The number of benzene rings is 1. The Labute approximate surface area is 127 Å². The largest absolute Gasteiger partial charge is 0.479 e. The minimum atomic E-state index is -1.73. The van der Waals surface area contributed by atoms with Crippen molar-refractivity contribution in [3.05, 3.63) is 29.8 Å². The summed E-state index contributed by atoms with van der Waals surface area (Å²) in [6, 6.07) is 7.02. The summed E-state index contributed by atoms with van der Waals surface area (Å²) in [5, 5.41) is 38.1. The van der Waals surface area contributed by atoms with Crippen molar-refractivity contribution >= 4 is 5.97 Å². The molecule has 0 aromatic heterocycles. The number of ether oxygens (including phenoxy) is 2. The van der Waals surface area contributed by atoms with Gasteiger partial charge in [-0.25, -0.2) is 4.79 Å². The first-order valence-corrected chi connectivity index (χ1v) is 7.00. The number of aliphatic hydroxyl groups is 3. The Morgan fingerprint density at radius 1 is 1.09 bits per heavy atom. The van der Waals surface area contributed by atoms with Gasteiger partial charge in [-0.2, -0.15) is 0 Å².